The fraction of sp³-hybridized carbons (Fsp3) is 0.444. The number of amides is 1. The van der Waals surface area contributed by atoms with Crippen LogP contribution in [-0.2, 0) is 9.53 Å². The van der Waals surface area contributed by atoms with Gasteiger partial charge >= 0.3 is 0 Å². The van der Waals surface area contributed by atoms with E-state index in [2.05, 4.69) is 15.5 Å². The van der Waals surface area contributed by atoms with Crippen LogP contribution < -0.4 is 10.2 Å². The van der Waals surface area contributed by atoms with Crippen molar-refractivity contribution >= 4 is 39.8 Å². The molecule has 1 aliphatic heterocycles. The van der Waals surface area contributed by atoms with E-state index in [9.17, 15) is 9.18 Å². The number of nitrogens with one attached hydrogen (secondary N) is 1. The predicted octanol–water partition coefficient (Wildman–Crippen LogP) is 3.31. The summed E-state index contributed by atoms with van der Waals surface area (Å²) in [6.45, 7) is 1.63. The highest BCUT2D eigenvalue weighted by Crippen LogP contribution is 2.27. The number of carbonyl (C=O) groups is 1. The number of thioether (sulfide) groups is 1. The largest absolute Gasteiger partial charge is 0.376 e. The first kappa shape index (κ1) is 20.5. The molecule has 0 saturated carbocycles. The Labute approximate surface area is 170 Å². The molecule has 7 nitrogen and oxygen atoms in total. The summed E-state index contributed by atoms with van der Waals surface area (Å²) in [5, 5.41) is 20.9. The summed E-state index contributed by atoms with van der Waals surface area (Å²) < 4.78 is 20.3. The Bertz CT molecular complexity index is 835. The lowest BCUT2D eigenvalue weighted by Gasteiger charge is -2.21. The van der Waals surface area contributed by atoms with Gasteiger partial charge in [-0.3, -0.25) is 4.79 Å². The smallest absolute Gasteiger partial charge is 0.237 e. The third kappa shape index (κ3) is 5.64. The molecule has 28 heavy (non-hydrogen) atoms. The molecule has 1 unspecified atom stereocenters. The number of hydrogen-bond acceptors (Lipinski definition) is 8. The Hall–Kier alpha value is -2.22. The number of rotatable bonds is 9. The lowest BCUT2D eigenvalue weighted by Crippen LogP contribution is -2.34. The summed E-state index contributed by atoms with van der Waals surface area (Å²) in [5.41, 5.74) is 0.180. The number of nitrogens with zero attached hydrogens (tertiary/aromatic N) is 4. The molecule has 10 heteroatoms. The topological polar surface area (TPSA) is 91.1 Å². The monoisotopic (exact) mass is 421 g/mol. The molecular formula is C18H20FN5O2S2. The van der Waals surface area contributed by atoms with E-state index < -0.39 is 5.82 Å². The van der Waals surface area contributed by atoms with Gasteiger partial charge in [0.05, 0.1) is 30.0 Å². The fourth-order valence-corrected chi connectivity index (χ4v) is 4.39. The number of aromatic nitrogens is 2. The van der Waals surface area contributed by atoms with E-state index in [1.54, 1.807) is 12.1 Å². The Morgan fingerprint density at radius 3 is 3.07 bits per heavy atom. The molecule has 2 aromatic rings. The Morgan fingerprint density at radius 1 is 1.46 bits per heavy atom. The SMILES string of the molecule is N#CCCN(C(=O)CSc1nnc(NCC2CCCO2)s1)c1ccccc1F. The number of benzene rings is 1. The molecule has 0 aliphatic carbocycles. The second-order valence-corrected chi connectivity index (χ2v) is 8.28. The van der Waals surface area contributed by atoms with E-state index in [0.717, 1.165) is 19.4 Å². The van der Waals surface area contributed by atoms with Gasteiger partial charge in [-0.05, 0) is 25.0 Å². The van der Waals surface area contributed by atoms with Crippen LogP contribution in [0.3, 0.4) is 0 Å². The molecule has 1 N–H and O–H groups in total. The zero-order valence-electron chi connectivity index (χ0n) is 15.1. The van der Waals surface area contributed by atoms with Crippen molar-refractivity contribution in [3.05, 3.63) is 30.1 Å². The summed E-state index contributed by atoms with van der Waals surface area (Å²) in [7, 11) is 0. The third-order valence-corrected chi connectivity index (χ3v) is 6.12. The highest BCUT2D eigenvalue weighted by Gasteiger charge is 2.20. The van der Waals surface area contributed by atoms with Gasteiger partial charge in [-0.1, -0.05) is 35.2 Å². The molecule has 1 aliphatic rings. The van der Waals surface area contributed by atoms with Gasteiger partial charge in [-0.25, -0.2) is 4.39 Å². The first-order valence-electron chi connectivity index (χ1n) is 8.91. The molecule has 0 radical (unpaired) electrons. The van der Waals surface area contributed by atoms with Crippen molar-refractivity contribution in [3.63, 3.8) is 0 Å². The molecule has 2 heterocycles. The van der Waals surface area contributed by atoms with Crippen LogP contribution in [0.25, 0.3) is 0 Å². The van der Waals surface area contributed by atoms with E-state index in [1.165, 1.54) is 40.1 Å². The minimum atomic E-state index is -0.490. The number of ether oxygens (including phenoxy) is 1. The number of hydrogen-bond donors (Lipinski definition) is 1. The van der Waals surface area contributed by atoms with E-state index >= 15 is 0 Å². The Kier molecular flexibility index (Phi) is 7.59. The molecule has 1 aromatic carbocycles. The van der Waals surface area contributed by atoms with Gasteiger partial charge in [-0.2, -0.15) is 5.26 Å². The Morgan fingerprint density at radius 2 is 2.32 bits per heavy atom. The van der Waals surface area contributed by atoms with E-state index in [1.807, 2.05) is 6.07 Å². The van der Waals surface area contributed by atoms with Crippen LogP contribution in [0.5, 0.6) is 0 Å². The number of halogens is 1. The van der Waals surface area contributed by atoms with Crippen molar-refractivity contribution in [3.8, 4) is 6.07 Å². The first-order chi connectivity index (χ1) is 13.7. The van der Waals surface area contributed by atoms with Gasteiger partial charge in [0.1, 0.15) is 5.82 Å². The molecule has 1 fully saturated rings. The molecule has 1 aromatic heterocycles. The van der Waals surface area contributed by atoms with Gasteiger partial charge in [-0.15, -0.1) is 10.2 Å². The zero-order valence-corrected chi connectivity index (χ0v) is 16.8. The maximum absolute atomic E-state index is 14.1. The highest BCUT2D eigenvalue weighted by atomic mass is 32.2. The van der Waals surface area contributed by atoms with Crippen LogP contribution in [0.15, 0.2) is 28.6 Å². The number of para-hydroxylation sites is 1. The average Bonchev–Trinajstić information content (AvgIpc) is 3.38. The minimum Gasteiger partial charge on any atom is -0.376 e. The van der Waals surface area contributed by atoms with Gasteiger partial charge in [0, 0.05) is 19.7 Å². The molecule has 0 bridgehead atoms. The third-order valence-electron chi connectivity index (χ3n) is 4.12. The van der Waals surface area contributed by atoms with E-state index in [0.29, 0.717) is 16.0 Å². The van der Waals surface area contributed by atoms with Crippen LogP contribution in [0, 0.1) is 17.1 Å². The standard InChI is InChI=1S/C18H20FN5O2S2/c19-14-6-1-2-7-15(14)24(9-4-8-20)16(25)12-27-18-23-22-17(28-18)21-11-13-5-3-10-26-13/h1-2,6-7,13H,3-5,9-12H2,(H,21,22). The fourth-order valence-electron chi connectivity index (χ4n) is 2.76. The Balaban J connectivity index is 1.55. The molecule has 3 rings (SSSR count). The van der Waals surface area contributed by atoms with Crippen molar-refractivity contribution in [2.75, 3.05) is 35.7 Å². The average molecular weight is 422 g/mol. The summed E-state index contributed by atoms with van der Waals surface area (Å²) in [6, 6.07) is 8.05. The molecule has 148 valence electrons. The molecule has 1 saturated heterocycles. The van der Waals surface area contributed by atoms with Crippen LogP contribution in [0.1, 0.15) is 19.3 Å². The summed E-state index contributed by atoms with van der Waals surface area (Å²) in [6.07, 6.45) is 2.45. The molecule has 0 spiro atoms. The van der Waals surface area contributed by atoms with Crippen LogP contribution >= 0.6 is 23.1 Å². The molecular weight excluding hydrogens is 401 g/mol. The quantitative estimate of drug-likeness (QED) is 0.621. The van der Waals surface area contributed by atoms with Crippen LogP contribution in [-0.4, -0.2) is 47.7 Å². The molecule has 1 atom stereocenters. The van der Waals surface area contributed by atoms with Crippen LogP contribution in [0.2, 0.25) is 0 Å². The number of nitriles is 1. The lowest BCUT2D eigenvalue weighted by molar-refractivity contribution is -0.116. The lowest BCUT2D eigenvalue weighted by atomic mass is 10.2. The van der Waals surface area contributed by atoms with Crippen LogP contribution in [0.4, 0.5) is 15.2 Å². The molecule has 1 amide bonds. The van der Waals surface area contributed by atoms with Gasteiger partial charge < -0.3 is 15.0 Å². The number of anilines is 2. The second kappa shape index (κ2) is 10.4. The van der Waals surface area contributed by atoms with Crippen molar-refractivity contribution in [2.45, 2.75) is 29.7 Å². The van der Waals surface area contributed by atoms with Crippen molar-refractivity contribution < 1.29 is 13.9 Å². The van der Waals surface area contributed by atoms with E-state index in [-0.39, 0.29) is 36.4 Å². The van der Waals surface area contributed by atoms with Gasteiger partial charge in [0.25, 0.3) is 0 Å². The second-order valence-electron chi connectivity index (χ2n) is 6.08. The van der Waals surface area contributed by atoms with Gasteiger partial charge in [0.15, 0.2) is 4.34 Å². The minimum absolute atomic E-state index is 0.0835. The summed E-state index contributed by atoms with van der Waals surface area (Å²) >= 11 is 2.61. The predicted molar refractivity (Wildman–Crippen MR) is 107 cm³/mol. The van der Waals surface area contributed by atoms with E-state index in [4.69, 9.17) is 10.00 Å². The maximum atomic E-state index is 14.1. The number of carbonyl (C=O) groups excluding carboxylic acids is 1. The van der Waals surface area contributed by atoms with Crippen molar-refractivity contribution in [2.24, 2.45) is 0 Å². The highest BCUT2D eigenvalue weighted by molar-refractivity contribution is 8.01. The van der Waals surface area contributed by atoms with Crippen molar-refractivity contribution in [1.82, 2.24) is 10.2 Å². The maximum Gasteiger partial charge on any atom is 0.237 e. The summed E-state index contributed by atoms with van der Waals surface area (Å²) in [5.74, 6) is -0.690. The first-order valence-corrected chi connectivity index (χ1v) is 10.7. The zero-order chi connectivity index (χ0) is 19.8. The van der Waals surface area contributed by atoms with Gasteiger partial charge in [0.2, 0.25) is 11.0 Å². The summed E-state index contributed by atoms with van der Waals surface area (Å²) in [4.78, 5) is 13.9. The van der Waals surface area contributed by atoms with Crippen molar-refractivity contribution in [1.29, 1.82) is 5.26 Å². The normalized spacial score (nSPS) is 15.9.